The monoisotopic (exact) mass is 253 g/mol. The van der Waals surface area contributed by atoms with E-state index in [-0.39, 0.29) is 11.9 Å². The smallest absolute Gasteiger partial charge is 0.253 e. The molecule has 1 aliphatic heterocycles. The molecule has 1 aromatic carbocycles. The second kappa shape index (κ2) is 5.52. The molecular formula is C13H16ClNO2. The van der Waals surface area contributed by atoms with Crippen molar-refractivity contribution in [2.75, 3.05) is 20.3 Å². The molecule has 0 bridgehead atoms. The number of likely N-dealkylation sites (N-methyl/N-ethyl adjacent to an activating group) is 1. The second-order valence-corrected chi connectivity index (χ2v) is 4.53. The Bertz CT molecular complexity index is 402. The summed E-state index contributed by atoms with van der Waals surface area (Å²) in [6.45, 7) is 1.38. The number of amides is 1. The lowest BCUT2D eigenvalue weighted by Gasteiger charge is -2.23. The lowest BCUT2D eigenvalue weighted by Crippen LogP contribution is -2.37. The molecule has 1 fully saturated rings. The molecular weight excluding hydrogens is 238 g/mol. The van der Waals surface area contributed by atoms with Crippen molar-refractivity contribution in [3.05, 3.63) is 35.4 Å². The number of hydrogen-bond donors (Lipinski definition) is 0. The molecule has 1 unspecified atom stereocenters. The van der Waals surface area contributed by atoms with E-state index in [2.05, 4.69) is 0 Å². The van der Waals surface area contributed by atoms with Crippen LogP contribution in [0.1, 0.15) is 22.3 Å². The molecule has 0 aromatic heterocycles. The second-order valence-electron chi connectivity index (χ2n) is 4.27. The van der Waals surface area contributed by atoms with Gasteiger partial charge in [0.05, 0.1) is 12.6 Å². The molecule has 0 radical (unpaired) electrons. The van der Waals surface area contributed by atoms with Crippen LogP contribution in [0.3, 0.4) is 0 Å². The number of alkyl halides is 1. The van der Waals surface area contributed by atoms with Crippen LogP contribution in [0.5, 0.6) is 0 Å². The summed E-state index contributed by atoms with van der Waals surface area (Å²) in [7, 11) is 1.83. The fourth-order valence-electron chi connectivity index (χ4n) is 1.98. The normalized spacial score (nSPS) is 19.3. The first kappa shape index (κ1) is 12.4. The average molecular weight is 254 g/mol. The number of carbonyl (C=O) groups is 1. The Hall–Kier alpha value is -1.06. The van der Waals surface area contributed by atoms with Gasteiger partial charge in [0.15, 0.2) is 0 Å². The first-order chi connectivity index (χ1) is 8.22. The summed E-state index contributed by atoms with van der Waals surface area (Å²) in [5.74, 6) is 0.463. The van der Waals surface area contributed by atoms with Crippen LogP contribution in [-0.2, 0) is 10.6 Å². The topological polar surface area (TPSA) is 29.5 Å². The molecule has 1 aromatic rings. The summed E-state index contributed by atoms with van der Waals surface area (Å²) in [6.07, 6.45) is 0.914. The third kappa shape index (κ3) is 2.79. The summed E-state index contributed by atoms with van der Waals surface area (Å²) in [6, 6.07) is 7.65. The zero-order chi connectivity index (χ0) is 12.3. The van der Waals surface area contributed by atoms with Crippen molar-refractivity contribution >= 4 is 17.5 Å². The molecule has 0 spiro atoms. The number of carbonyl (C=O) groups excluding carboxylic acids is 1. The molecule has 1 saturated heterocycles. The number of ether oxygens (including phenoxy) is 1. The number of halogens is 1. The van der Waals surface area contributed by atoms with Crippen molar-refractivity contribution in [2.45, 2.75) is 18.3 Å². The van der Waals surface area contributed by atoms with Crippen molar-refractivity contribution in [3.8, 4) is 0 Å². The van der Waals surface area contributed by atoms with Gasteiger partial charge in [0.1, 0.15) is 0 Å². The van der Waals surface area contributed by atoms with Crippen LogP contribution in [0.25, 0.3) is 0 Å². The minimum absolute atomic E-state index is 0.0347. The minimum Gasteiger partial charge on any atom is -0.379 e. The van der Waals surface area contributed by atoms with Gasteiger partial charge >= 0.3 is 0 Å². The Morgan fingerprint density at radius 1 is 1.59 bits per heavy atom. The lowest BCUT2D eigenvalue weighted by atomic mass is 10.1. The highest BCUT2D eigenvalue weighted by Gasteiger charge is 2.24. The SMILES string of the molecule is CN(C(=O)c1cccc(CCl)c1)C1CCOC1. The Kier molecular flexibility index (Phi) is 4.02. The van der Waals surface area contributed by atoms with Gasteiger partial charge in [0.2, 0.25) is 0 Å². The predicted molar refractivity (Wildman–Crippen MR) is 67.3 cm³/mol. The maximum absolute atomic E-state index is 12.2. The Morgan fingerprint density at radius 2 is 2.41 bits per heavy atom. The first-order valence-electron chi connectivity index (χ1n) is 5.72. The van der Waals surface area contributed by atoms with E-state index in [9.17, 15) is 4.79 Å². The average Bonchev–Trinajstić information content (AvgIpc) is 2.91. The predicted octanol–water partition coefficient (Wildman–Crippen LogP) is 2.29. The maximum atomic E-state index is 12.2. The van der Waals surface area contributed by atoms with Gasteiger partial charge in [-0.05, 0) is 24.1 Å². The Balaban J connectivity index is 2.12. The molecule has 2 rings (SSSR count). The summed E-state index contributed by atoms with van der Waals surface area (Å²) in [5.41, 5.74) is 1.66. The molecule has 92 valence electrons. The van der Waals surface area contributed by atoms with Crippen molar-refractivity contribution in [2.24, 2.45) is 0 Å². The molecule has 0 saturated carbocycles. The van der Waals surface area contributed by atoms with Gasteiger partial charge in [-0.1, -0.05) is 12.1 Å². The summed E-state index contributed by atoms with van der Waals surface area (Å²) >= 11 is 5.77. The Labute approximate surface area is 106 Å². The van der Waals surface area contributed by atoms with Gasteiger partial charge < -0.3 is 9.64 Å². The summed E-state index contributed by atoms with van der Waals surface area (Å²) in [5, 5.41) is 0. The van der Waals surface area contributed by atoms with Crippen LogP contribution in [0.15, 0.2) is 24.3 Å². The van der Waals surface area contributed by atoms with E-state index in [1.807, 2.05) is 31.3 Å². The van der Waals surface area contributed by atoms with Gasteiger partial charge in [-0.3, -0.25) is 4.79 Å². The van der Waals surface area contributed by atoms with E-state index in [4.69, 9.17) is 16.3 Å². The van der Waals surface area contributed by atoms with Gasteiger partial charge in [-0.15, -0.1) is 11.6 Å². The van der Waals surface area contributed by atoms with E-state index in [1.165, 1.54) is 0 Å². The van der Waals surface area contributed by atoms with Gasteiger partial charge in [-0.2, -0.15) is 0 Å². The number of nitrogens with zero attached hydrogens (tertiary/aromatic N) is 1. The van der Waals surface area contributed by atoms with Crippen LogP contribution in [0.2, 0.25) is 0 Å². The fourth-order valence-corrected chi connectivity index (χ4v) is 2.15. The summed E-state index contributed by atoms with van der Waals surface area (Å²) < 4.78 is 5.29. The van der Waals surface area contributed by atoms with Crippen molar-refractivity contribution in [1.82, 2.24) is 4.90 Å². The standard InChI is InChI=1S/C13H16ClNO2/c1-15(12-5-6-17-9-12)13(16)11-4-2-3-10(7-11)8-14/h2-4,7,12H,5-6,8-9H2,1H3. The minimum atomic E-state index is 0.0347. The van der Waals surface area contributed by atoms with Gasteiger partial charge in [0, 0.05) is 25.1 Å². The maximum Gasteiger partial charge on any atom is 0.253 e. The molecule has 3 nitrogen and oxygen atoms in total. The van der Waals surface area contributed by atoms with E-state index in [0.29, 0.717) is 18.1 Å². The molecule has 1 heterocycles. The number of benzene rings is 1. The highest BCUT2D eigenvalue weighted by molar-refractivity contribution is 6.17. The third-order valence-electron chi connectivity index (χ3n) is 3.10. The quantitative estimate of drug-likeness (QED) is 0.774. The Morgan fingerprint density at radius 3 is 3.06 bits per heavy atom. The molecule has 4 heteroatoms. The molecule has 0 N–H and O–H groups in total. The van der Waals surface area contributed by atoms with E-state index >= 15 is 0 Å². The van der Waals surface area contributed by atoms with Crippen LogP contribution < -0.4 is 0 Å². The zero-order valence-corrected chi connectivity index (χ0v) is 10.6. The molecule has 1 amide bonds. The van der Waals surface area contributed by atoms with Crippen molar-refractivity contribution in [1.29, 1.82) is 0 Å². The van der Waals surface area contributed by atoms with Crippen molar-refractivity contribution in [3.63, 3.8) is 0 Å². The molecule has 1 atom stereocenters. The van der Waals surface area contributed by atoms with Gasteiger partial charge in [0.25, 0.3) is 5.91 Å². The van der Waals surface area contributed by atoms with Crippen LogP contribution in [-0.4, -0.2) is 37.1 Å². The largest absolute Gasteiger partial charge is 0.379 e. The zero-order valence-electron chi connectivity index (χ0n) is 9.86. The molecule has 1 aliphatic rings. The third-order valence-corrected chi connectivity index (χ3v) is 3.41. The first-order valence-corrected chi connectivity index (χ1v) is 6.25. The molecule has 0 aliphatic carbocycles. The van der Waals surface area contributed by atoms with Gasteiger partial charge in [-0.25, -0.2) is 0 Å². The van der Waals surface area contributed by atoms with E-state index in [0.717, 1.165) is 18.6 Å². The van der Waals surface area contributed by atoms with Crippen LogP contribution in [0, 0.1) is 0 Å². The highest BCUT2D eigenvalue weighted by atomic mass is 35.5. The highest BCUT2D eigenvalue weighted by Crippen LogP contribution is 2.15. The molecule has 17 heavy (non-hydrogen) atoms. The van der Waals surface area contributed by atoms with E-state index in [1.54, 1.807) is 4.90 Å². The lowest BCUT2D eigenvalue weighted by molar-refractivity contribution is 0.0711. The fraction of sp³-hybridized carbons (Fsp3) is 0.462. The summed E-state index contributed by atoms with van der Waals surface area (Å²) in [4.78, 5) is 14.0. The number of hydrogen-bond acceptors (Lipinski definition) is 2. The van der Waals surface area contributed by atoms with Crippen LogP contribution in [0.4, 0.5) is 0 Å². The number of rotatable bonds is 3. The van der Waals surface area contributed by atoms with E-state index < -0.39 is 0 Å². The van der Waals surface area contributed by atoms with Crippen LogP contribution >= 0.6 is 11.6 Å². The van der Waals surface area contributed by atoms with Crippen molar-refractivity contribution < 1.29 is 9.53 Å².